The van der Waals surface area contributed by atoms with Gasteiger partial charge in [0, 0.05) is 48.7 Å². The molecule has 1 amide bonds. The molecule has 1 aromatic carbocycles. The Bertz CT molecular complexity index is 1350. The highest BCUT2D eigenvalue weighted by molar-refractivity contribution is 6.00. The Morgan fingerprint density at radius 3 is 2.70 bits per heavy atom. The third kappa shape index (κ3) is 6.17. The molecule has 0 saturated carbocycles. The first-order valence-corrected chi connectivity index (χ1v) is 14.4. The van der Waals surface area contributed by atoms with E-state index in [4.69, 9.17) is 14.9 Å². The molecule has 8 heteroatoms. The van der Waals surface area contributed by atoms with Crippen LogP contribution in [0.4, 0.5) is 0 Å². The Balaban J connectivity index is 0.00000181. The lowest BCUT2D eigenvalue weighted by Gasteiger charge is -2.35. The molecule has 0 unspecified atom stereocenters. The molecule has 2 aromatic heterocycles. The lowest BCUT2D eigenvalue weighted by Crippen LogP contribution is -2.46. The summed E-state index contributed by atoms with van der Waals surface area (Å²) in [7, 11) is 0. The second kappa shape index (κ2) is 13.5. The van der Waals surface area contributed by atoms with Crippen LogP contribution in [-0.2, 0) is 24.2 Å². The van der Waals surface area contributed by atoms with Crippen molar-refractivity contribution >= 4 is 17.8 Å². The highest BCUT2D eigenvalue weighted by Gasteiger charge is 2.41. The van der Waals surface area contributed by atoms with Gasteiger partial charge in [0.1, 0.15) is 5.69 Å². The molecule has 5 rings (SSSR count). The summed E-state index contributed by atoms with van der Waals surface area (Å²) in [4.78, 5) is 20.6. The fourth-order valence-electron chi connectivity index (χ4n) is 5.57. The number of amides is 1. The van der Waals surface area contributed by atoms with E-state index in [0.29, 0.717) is 32.0 Å². The third-order valence-corrected chi connectivity index (χ3v) is 7.62. The quantitative estimate of drug-likeness (QED) is 0.325. The minimum absolute atomic E-state index is 0.0152. The van der Waals surface area contributed by atoms with Crippen molar-refractivity contribution in [3.05, 3.63) is 78.4 Å². The van der Waals surface area contributed by atoms with E-state index in [0.717, 1.165) is 60.4 Å². The standard InChI is InChI=1S/C30H36N6O2.C2H6/c1-4-16-31-24(5-2)25-12-18-34(32-25)19-15-30(3)14-9-17-35(30)29(37)28-27(23-10-7-6-8-11-23)26-13-21-38-22-20-36(26)33-28;1-2/h4-8,10-12,16,18H,1,9,13-15,17,19-22H2,2-3H3;1-2H3/b24-5-,31-16?;/t30-;/m0./s1. The van der Waals surface area contributed by atoms with Gasteiger partial charge in [-0.15, -0.1) is 0 Å². The van der Waals surface area contributed by atoms with E-state index in [-0.39, 0.29) is 11.4 Å². The Morgan fingerprint density at radius 2 is 1.95 bits per heavy atom. The van der Waals surface area contributed by atoms with Gasteiger partial charge in [-0.25, -0.2) is 0 Å². The second-order valence-electron chi connectivity index (χ2n) is 10.1. The first kappa shape index (κ1) is 29.2. The second-order valence-corrected chi connectivity index (χ2v) is 10.1. The van der Waals surface area contributed by atoms with Crippen molar-refractivity contribution in [3.8, 4) is 11.1 Å². The molecule has 40 heavy (non-hydrogen) atoms. The fourth-order valence-corrected chi connectivity index (χ4v) is 5.57. The van der Waals surface area contributed by atoms with Gasteiger partial charge in [-0.2, -0.15) is 10.2 Å². The Hall–Kier alpha value is -3.78. The zero-order chi connectivity index (χ0) is 28.5. The number of ether oxygens (including phenoxy) is 1. The predicted molar refractivity (Wildman–Crippen MR) is 161 cm³/mol. The first-order chi connectivity index (χ1) is 19.5. The maximum atomic E-state index is 14.2. The molecular formula is C32H42N6O2. The van der Waals surface area contributed by atoms with E-state index >= 15 is 0 Å². The zero-order valence-electron chi connectivity index (χ0n) is 24.3. The van der Waals surface area contributed by atoms with Crippen molar-refractivity contribution in [2.45, 2.75) is 72.0 Å². The summed E-state index contributed by atoms with van der Waals surface area (Å²) in [5.41, 5.74) is 4.98. The number of hydrogen-bond acceptors (Lipinski definition) is 5. The number of rotatable bonds is 8. The molecular weight excluding hydrogens is 500 g/mol. The molecule has 4 heterocycles. The number of aliphatic imine (C=N–C) groups is 1. The van der Waals surface area contributed by atoms with Gasteiger partial charge in [0.25, 0.3) is 5.91 Å². The van der Waals surface area contributed by atoms with Crippen LogP contribution in [0.5, 0.6) is 0 Å². The van der Waals surface area contributed by atoms with Crippen LogP contribution in [0.2, 0.25) is 0 Å². The van der Waals surface area contributed by atoms with Crippen molar-refractivity contribution in [1.82, 2.24) is 24.5 Å². The number of likely N-dealkylation sites (tertiary alicyclic amines) is 1. The minimum atomic E-state index is -0.272. The summed E-state index contributed by atoms with van der Waals surface area (Å²) >= 11 is 0. The summed E-state index contributed by atoms with van der Waals surface area (Å²) < 4.78 is 9.62. The SMILES string of the molecule is C=CC=N/C(=C\C)c1ccn(CC[C@]2(C)CCCN2C(=O)c2nn3c(c2-c2ccccc2)CCOCC3)n1.CC. The molecule has 0 aliphatic carbocycles. The van der Waals surface area contributed by atoms with Gasteiger partial charge in [0.2, 0.25) is 0 Å². The van der Waals surface area contributed by atoms with Crippen LogP contribution in [0.15, 0.2) is 66.3 Å². The van der Waals surface area contributed by atoms with Gasteiger partial charge < -0.3 is 9.64 Å². The van der Waals surface area contributed by atoms with Crippen molar-refractivity contribution < 1.29 is 9.53 Å². The monoisotopic (exact) mass is 542 g/mol. The van der Waals surface area contributed by atoms with Crippen molar-refractivity contribution in [3.63, 3.8) is 0 Å². The number of allylic oxidation sites excluding steroid dienone is 2. The average molecular weight is 543 g/mol. The summed E-state index contributed by atoms with van der Waals surface area (Å²) in [6, 6.07) is 12.1. The number of benzene rings is 1. The highest BCUT2D eigenvalue weighted by atomic mass is 16.5. The van der Waals surface area contributed by atoms with E-state index in [1.807, 2.05) is 71.6 Å². The summed E-state index contributed by atoms with van der Waals surface area (Å²) in [6.45, 7) is 15.2. The van der Waals surface area contributed by atoms with Gasteiger partial charge in [-0.3, -0.25) is 19.2 Å². The summed E-state index contributed by atoms with van der Waals surface area (Å²) in [5.74, 6) is 0.0152. The molecule has 0 spiro atoms. The predicted octanol–water partition coefficient (Wildman–Crippen LogP) is 6.05. The molecule has 2 aliphatic rings. The van der Waals surface area contributed by atoms with Gasteiger partial charge in [-0.1, -0.05) is 62.9 Å². The molecule has 0 N–H and O–H groups in total. The first-order valence-electron chi connectivity index (χ1n) is 14.4. The van der Waals surface area contributed by atoms with Crippen LogP contribution in [0, 0.1) is 0 Å². The fraction of sp³-hybridized carbons (Fsp3) is 0.438. The molecule has 2 aliphatic heterocycles. The summed E-state index contributed by atoms with van der Waals surface area (Å²) in [5, 5.41) is 9.60. The zero-order valence-corrected chi connectivity index (χ0v) is 24.3. The number of aryl methyl sites for hydroxylation is 1. The number of nitrogens with zero attached hydrogens (tertiary/aromatic N) is 6. The van der Waals surface area contributed by atoms with E-state index in [1.165, 1.54) is 0 Å². The number of carbonyl (C=O) groups is 1. The topological polar surface area (TPSA) is 77.5 Å². The smallest absolute Gasteiger partial charge is 0.275 e. The summed E-state index contributed by atoms with van der Waals surface area (Å²) in [6.07, 6.45) is 10.7. The molecule has 1 fully saturated rings. The third-order valence-electron chi connectivity index (χ3n) is 7.62. The molecule has 8 nitrogen and oxygen atoms in total. The molecule has 212 valence electrons. The van der Waals surface area contributed by atoms with E-state index in [1.54, 1.807) is 12.3 Å². The average Bonchev–Trinajstić information content (AvgIpc) is 3.67. The molecule has 1 atom stereocenters. The van der Waals surface area contributed by atoms with Gasteiger partial charge in [0.05, 0.1) is 25.5 Å². The van der Waals surface area contributed by atoms with Crippen LogP contribution in [-0.4, -0.2) is 61.9 Å². The number of hydrogen-bond donors (Lipinski definition) is 0. The van der Waals surface area contributed by atoms with E-state index in [2.05, 4.69) is 30.6 Å². The normalized spacial score (nSPS) is 19.2. The molecule has 0 bridgehead atoms. The molecule has 3 aromatic rings. The lowest BCUT2D eigenvalue weighted by molar-refractivity contribution is 0.0592. The van der Waals surface area contributed by atoms with Crippen molar-refractivity contribution in [2.24, 2.45) is 4.99 Å². The van der Waals surface area contributed by atoms with Gasteiger partial charge >= 0.3 is 0 Å². The lowest BCUT2D eigenvalue weighted by atomic mass is 9.93. The molecule has 1 saturated heterocycles. The molecule has 0 radical (unpaired) electrons. The largest absolute Gasteiger partial charge is 0.379 e. The van der Waals surface area contributed by atoms with E-state index in [9.17, 15) is 4.79 Å². The number of fused-ring (bicyclic) bond motifs is 1. The maximum absolute atomic E-state index is 14.2. The van der Waals surface area contributed by atoms with E-state index < -0.39 is 0 Å². The van der Waals surface area contributed by atoms with Crippen LogP contribution in [0.25, 0.3) is 16.8 Å². The maximum Gasteiger partial charge on any atom is 0.275 e. The van der Waals surface area contributed by atoms with Crippen LogP contribution >= 0.6 is 0 Å². The Labute approximate surface area is 238 Å². The number of aromatic nitrogens is 4. The minimum Gasteiger partial charge on any atom is -0.379 e. The van der Waals surface area contributed by atoms with Crippen molar-refractivity contribution in [2.75, 3.05) is 19.8 Å². The van der Waals surface area contributed by atoms with Crippen LogP contribution in [0.1, 0.15) is 68.8 Å². The number of carbonyl (C=O) groups excluding carboxylic acids is 1. The van der Waals surface area contributed by atoms with Gasteiger partial charge in [0.15, 0.2) is 5.69 Å². The van der Waals surface area contributed by atoms with Crippen LogP contribution in [0.3, 0.4) is 0 Å². The van der Waals surface area contributed by atoms with Crippen LogP contribution < -0.4 is 0 Å². The van der Waals surface area contributed by atoms with Crippen molar-refractivity contribution in [1.29, 1.82) is 0 Å². The Morgan fingerprint density at radius 1 is 1.15 bits per heavy atom. The Kier molecular flexibility index (Phi) is 9.88. The van der Waals surface area contributed by atoms with Gasteiger partial charge in [-0.05, 0) is 44.7 Å². The highest BCUT2D eigenvalue weighted by Crippen LogP contribution is 2.37.